The summed E-state index contributed by atoms with van der Waals surface area (Å²) in [7, 11) is 0. The molecule has 6 nitrogen and oxygen atoms in total. The summed E-state index contributed by atoms with van der Waals surface area (Å²) in [5.74, 6) is 0.237. The highest BCUT2D eigenvalue weighted by atomic mass is 16.5. The summed E-state index contributed by atoms with van der Waals surface area (Å²) in [4.78, 5) is 33.9. The summed E-state index contributed by atoms with van der Waals surface area (Å²) in [5.41, 5.74) is 2.45. The van der Waals surface area contributed by atoms with Gasteiger partial charge >= 0.3 is 5.97 Å². The molecule has 0 saturated carbocycles. The lowest BCUT2D eigenvalue weighted by Gasteiger charge is -2.37. The van der Waals surface area contributed by atoms with Crippen LogP contribution in [0.25, 0.3) is 0 Å². The molecule has 1 aliphatic rings. The lowest BCUT2D eigenvalue weighted by Crippen LogP contribution is -2.50. The van der Waals surface area contributed by atoms with Gasteiger partial charge in [-0.2, -0.15) is 0 Å². The van der Waals surface area contributed by atoms with Gasteiger partial charge in [0.25, 0.3) is 0 Å². The molecule has 4 rings (SSSR count). The van der Waals surface area contributed by atoms with Crippen molar-refractivity contribution in [1.29, 1.82) is 0 Å². The first-order chi connectivity index (χ1) is 15.7. The molecule has 1 aromatic heterocycles. The molecule has 0 aliphatic carbocycles. The molecule has 164 valence electrons. The van der Waals surface area contributed by atoms with Gasteiger partial charge in [-0.25, -0.2) is 9.78 Å². The molecular formula is C26H27N3O3. The predicted octanol–water partition coefficient (Wildman–Crippen LogP) is 3.74. The highest BCUT2D eigenvalue weighted by molar-refractivity contribution is 5.89. The van der Waals surface area contributed by atoms with Crippen molar-refractivity contribution in [3.05, 3.63) is 95.7 Å². The number of carbonyl (C=O) groups is 2. The minimum Gasteiger partial charge on any atom is -0.462 e. The lowest BCUT2D eigenvalue weighted by molar-refractivity contribution is -0.132. The third kappa shape index (κ3) is 4.80. The second kappa shape index (κ2) is 10.1. The van der Waals surface area contributed by atoms with Crippen molar-refractivity contribution in [3.8, 4) is 0 Å². The SMILES string of the molecule is CCOC(=O)c1ccc(N2CCN(C(=O)C(c3ccccc3)c3ccccc3)CC2)nc1. The van der Waals surface area contributed by atoms with Crippen molar-refractivity contribution in [1.82, 2.24) is 9.88 Å². The highest BCUT2D eigenvalue weighted by Crippen LogP contribution is 2.27. The fraction of sp³-hybridized carbons (Fsp3) is 0.269. The zero-order chi connectivity index (χ0) is 22.3. The van der Waals surface area contributed by atoms with E-state index in [4.69, 9.17) is 4.74 Å². The Balaban J connectivity index is 1.45. The zero-order valence-corrected chi connectivity index (χ0v) is 18.2. The summed E-state index contributed by atoms with van der Waals surface area (Å²) in [6, 6.07) is 23.5. The Morgan fingerprint density at radius 1 is 0.875 bits per heavy atom. The number of nitrogens with zero attached hydrogens (tertiary/aromatic N) is 3. The Morgan fingerprint density at radius 3 is 1.97 bits per heavy atom. The average molecular weight is 430 g/mol. The highest BCUT2D eigenvalue weighted by Gasteiger charge is 2.30. The smallest absolute Gasteiger partial charge is 0.339 e. The van der Waals surface area contributed by atoms with Gasteiger partial charge in [0.2, 0.25) is 5.91 Å². The number of piperazine rings is 1. The Bertz CT molecular complexity index is 991. The largest absolute Gasteiger partial charge is 0.462 e. The number of amides is 1. The van der Waals surface area contributed by atoms with Crippen LogP contribution in [0.3, 0.4) is 0 Å². The van der Waals surface area contributed by atoms with Crippen LogP contribution in [0.2, 0.25) is 0 Å². The summed E-state index contributed by atoms with van der Waals surface area (Å²) in [5, 5.41) is 0. The Morgan fingerprint density at radius 2 is 1.47 bits per heavy atom. The molecule has 2 aromatic carbocycles. The minimum absolute atomic E-state index is 0.118. The standard InChI is InChI=1S/C26H27N3O3/c1-2-32-26(31)22-13-14-23(27-19-22)28-15-17-29(18-16-28)25(30)24(20-9-5-3-6-10-20)21-11-7-4-8-12-21/h3-14,19,24H,2,15-18H2,1H3. The van der Waals surface area contributed by atoms with Gasteiger partial charge < -0.3 is 14.5 Å². The first-order valence-electron chi connectivity index (χ1n) is 10.9. The van der Waals surface area contributed by atoms with E-state index in [2.05, 4.69) is 9.88 Å². The van der Waals surface area contributed by atoms with Gasteiger partial charge in [0, 0.05) is 32.4 Å². The zero-order valence-electron chi connectivity index (χ0n) is 18.2. The molecule has 32 heavy (non-hydrogen) atoms. The molecule has 1 aliphatic heterocycles. The summed E-state index contributed by atoms with van der Waals surface area (Å²) in [6.07, 6.45) is 1.55. The molecule has 1 amide bonds. The van der Waals surface area contributed by atoms with E-state index < -0.39 is 0 Å². The van der Waals surface area contributed by atoms with Crippen molar-refractivity contribution in [2.75, 3.05) is 37.7 Å². The van der Waals surface area contributed by atoms with E-state index in [1.807, 2.05) is 71.6 Å². The van der Waals surface area contributed by atoms with E-state index in [0.29, 0.717) is 38.3 Å². The van der Waals surface area contributed by atoms with E-state index in [9.17, 15) is 9.59 Å². The second-order valence-electron chi connectivity index (χ2n) is 7.69. The number of pyridine rings is 1. The van der Waals surface area contributed by atoms with Gasteiger partial charge in [0.15, 0.2) is 0 Å². The van der Waals surface area contributed by atoms with E-state index in [1.54, 1.807) is 19.2 Å². The fourth-order valence-electron chi connectivity index (χ4n) is 4.02. The van der Waals surface area contributed by atoms with Crippen LogP contribution in [0.1, 0.15) is 34.3 Å². The van der Waals surface area contributed by atoms with E-state index in [-0.39, 0.29) is 17.8 Å². The van der Waals surface area contributed by atoms with Crippen LogP contribution in [-0.2, 0) is 9.53 Å². The first kappa shape index (κ1) is 21.6. The maximum atomic E-state index is 13.6. The normalized spacial score (nSPS) is 13.8. The van der Waals surface area contributed by atoms with Crippen LogP contribution in [0.5, 0.6) is 0 Å². The molecule has 0 spiro atoms. The lowest BCUT2D eigenvalue weighted by atomic mass is 9.90. The number of rotatable bonds is 6. The second-order valence-corrected chi connectivity index (χ2v) is 7.69. The van der Waals surface area contributed by atoms with E-state index in [0.717, 1.165) is 16.9 Å². The number of ether oxygens (including phenoxy) is 1. The van der Waals surface area contributed by atoms with Crippen molar-refractivity contribution < 1.29 is 14.3 Å². The van der Waals surface area contributed by atoms with Crippen molar-refractivity contribution in [3.63, 3.8) is 0 Å². The van der Waals surface area contributed by atoms with E-state index >= 15 is 0 Å². The minimum atomic E-state index is -0.366. The van der Waals surface area contributed by atoms with Crippen molar-refractivity contribution >= 4 is 17.7 Å². The molecule has 0 N–H and O–H groups in total. The van der Waals surface area contributed by atoms with Crippen molar-refractivity contribution in [2.45, 2.75) is 12.8 Å². The first-order valence-corrected chi connectivity index (χ1v) is 10.9. The molecule has 0 atom stereocenters. The van der Waals surface area contributed by atoms with Gasteiger partial charge in [-0.3, -0.25) is 4.79 Å². The summed E-state index contributed by atoms with van der Waals surface area (Å²) < 4.78 is 5.01. The fourth-order valence-corrected chi connectivity index (χ4v) is 4.02. The van der Waals surface area contributed by atoms with Crippen LogP contribution < -0.4 is 4.90 Å². The van der Waals surface area contributed by atoms with Crippen LogP contribution >= 0.6 is 0 Å². The predicted molar refractivity (Wildman–Crippen MR) is 124 cm³/mol. The number of hydrogen-bond acceptors (Lipinski definition) is 5. The van der Waals surface area contributed by atoms with E-state index in [1.165, 1.54) is 0 Å². The number of hydrogen-bond donors (Lipinski definition) is 0. The Kier molecular flexibility index (Phi) is 6.80. The molecule has 3 aromatic rings. The third-order valence-electron chi connectivity index (χ3n) is 5.69. The maximum absolute atomic E-state index is 13.6. The molecule has 0 bridgehead atoms. The van der Waals surface area contributed by atoms with Gasteiger partial charge in [-0.15, -0.1) is 0 Å². The average Bonchev–Trinajstić information content (AvgIpc) is 2.86. The van der Waals surface area contributed by atoms with Crippen LogP contribution in [0.4, 0.5) is 5.82 Å². The van der Waals surface area contributed by atoms with Gasteiger partial charge in [0.1, 0.15) is 5.82 Å². The van der Waals surface area contributed by atoms with Crippen LogP contribution in [-0.4, -0.2) is 54.5 Å². The molecule has 0 radical (unpaired) electrons. The quantitative estimate of drug-likeness (QED) is 0.559. The molecule has 2 heterocycles. The van der Waals surface area contributed by atoms with Gasteiger partial charge in [-0.1, -0.05) is 60.7 Å². The number of benzene rings is 2. The molecular weight excluding hydrogens is 402 g/mol. The Labute approximate surface area is 188 Å². The molecule has 1 fully saturated rings. The topological polar surface area (TPSA) is 62.7 Å². The Hall–Kier alpha value is -3.67. The summed E-state index contributed by atoms with van der Waals surface area (Å²) >= 11 is 0. The van der Waals surface area contributed by atoms with Gasteiger partial charge in [-0.05, 0) is 30.2 Å². The summed E-state index contributed by atoms with van der Waals surface area (Å²) in [6.45, 7) is 4.73. The maximum Gasteiger partial charge on any atom is 0.339 e. The molecule has 0 unspecified atom stereocenters. The monoisotopic (exact) mass is 429 g/mol. The number of anilines is 1. The number of carbonyl (C=O) groups excluding carboxylic acids is 2. The van der Waals surface area contributed by atoms with Crippen LogP contribution in [0.15, 0.2) is 79.0 Å². The van der Waals surface area contributed by atoms with Gasteiger partial charge in [0.05, 0.1) is 18.1 Å². The number of esters is 1. The van der Waals surface area contributed by atoms with Crippen molar-refractivity contribution in [2.24, 2.45) is 0 Å². The third-order valence-corrected chi connectivity index (χ3v) is 5.69. The molecule has 1 saturated heterocycles. The number of aromatic nitrogens is 1. The van der Waals surface area contributed by atoms with Crippen LogP contribution in [0, 0.1) is 0 Å². The molecule has 6 heteroatoms.